The zero-order valence-electron chi connectivity index (χ0n) is 11.9. The van der Waals surface area contributed by atoms with Gasteiger partial charge in [-0.2, -0.15) is 0 Å². The van der Waals surface area contributed by atoms with Crippen LogP contribution in [-0.4, -0.2) is 42.2 Å². The van der Waals surface area contributed by atoms with Crippen molar-refractivity contribution in [3.63, 3.8) is 0 Å². The lowest BCUT2D eigenvalue weighted by atomic mass is 9.98. The molecule has 1 saturated heterocycles. The van der Waals surface area contributed by atoms with Crippen molar-refractivity contribution in [2.24, 2.45) is 5.73 Å². The minimum atomic E-state index is 0. The molecule has 1 aromatic heterocycles. The fraction of sp³-hybridized carbons (Fsp3) is 0.769. The molecule has 19 heavy (non-hydrogen) atoms. The van der Waals surface area contributed by atoms with E-state index in [1.54, 1.807) is 11.3 Å². The van der Waals surface area contributed by atoms with Crippen molar-refractivity contribution in [2.45, 2.75) is 38.8 Å². The Kier molecular flexibility index (Phi) is 6.20. The van der Waals surface area contributed by atoms with E-state index in [4.69, 9.17) is 15.5 Å². The van der Waals surface area contributed by atoms with Gasteiger partial charge in [-0.15, -0.1) is 23.7 Å². The normalized spacial score (nSPS) is 21.2. The van der Waals surface area contributed by atoms with E-state index in [0.717, 1.165) is 26.2 Å². The van der Waals surface area contributed by atoms with E-state index in [1.807, 2.05) is 0 Å². The number of nitrogens with zero attached hydrogens (tertiary/aromatic N) is 2. The zero-order chi connectivity index (χ0) is 13.2. The topological polar surface area (TPSA) is 51.4 Å². The first-order valence-electron chi connectivity index (χ1n) is 6.48. The second kappa shape index (κ2) is 6.99. The van der Waals surface area contributed by atoms with Gasteiger partial charge in [-0.3, -0.25) is 4.90 Å². The maximum Gasteiger partial charge on any atom is 0.0982 e. The van der Waals surface area contributed by atoms with Crippen LogP contribution in [0.3, 0.4) is 0 Å². The third-order valence-corrected chi connectivity index (χ3v) is 4.38. The SMILES string of the molecule is CC(C)(C)c1nc(CN2CCOC(CN)C2)cs1.Cl. The van der Waals surface area contributed by atoms with Crippen LogP contribution >= 0.6 is 23.7 Å². The Balaban J connectivity index is 0.00000180. The third kappa shape index (κ3) is 4.68. The molecular formula is C13H24ClN3OS. The first-order chi connectivity index (χ1) is 8.49. The van der Waals surface area contributed by atoms with Gasteiger partial charge >= 0.3 is 0 Å². The molecule has 2 rings (SSSR count). The van der Waals surface area contributed by atoms with Crippen molar-refractivity contribution in [3.05, 3.63) is 16.1 Å². The molecule has 1 aliphatic rings. The number of nitrogens with two attached hydrogens (primary N) is 1. The second-order valence-electron chi connectivity index (χ2n) is 5.86. The van der Waals surface area contributed by atoms with Gasteiger partial charge in [0.25, 0.3) is 0 Å². The fourth-order valence-electron chi connectivity index (χ4n) is 2.02. The average Bonchev–Trinajstić information content (AvgIpc) is 2.77. The average molecular weight is 306 g/mol. The second-order valence-corrected chi connectivity index (χ2v) is 6.72. The van der Waals surface area contributed by atoms with Crippen LogP contribution in [0, 0.1) is 0 Å². The van der Waals surface area contributed by atoms with Gasteiger partial charge in [0, 0.05) is 37.0 Å². The zero-order valence-corrected chi connectivity index (χ0v) is 13.5. The summed E-state index contributed by atoms with van der Waals surface area (Å²) < 4.78 is 5.57. The van der Waals surface area contributed by atoms with Crippen LogP contribution < -0.4 is 5.73 Å². The number of halogens is 1. The van der Waals surface area contributed by atoms with E-state index in [0.29, 0.717) is 6.54 Å². The van der Waals surface area contributed by atoms with Crippen LogP contribution in [0.4, 0.5) is 0 Å². The Morgan fingerprint density at radius 1 is 1.53 bits per heavy atom. The lowest BCUT2D eigenvalue weighted by Crippen LogP contribution is -2.45. The summed E-state index contributed by atoms with van der Waals surface area (Å²) in [7, 11) is 0. The predicted octanol–water partition coefficient (Wildman–Crippen LogP) is 2.02. The van der Waals surface area contributed by atoms with Gasteiger partial charge in [0.15, 0.2) is 0 Å². The molecule has 6 heteroatoms. The molecule has 0 amide bonds. The minimum absolute atomic E-state index is 0. The quantitative estimate of drug-likeness (QED) is 0.928. The maximum absolute atomic E-state index is 5.65. The predicted molar refractivity (Wildman–Crippen MR) is 82.1 cm³/mol. The number of ether oxygens (including phenoxy) is 1. The molecule has 0 bridgehead atoms. The molecule has 2 N–H and O–H groups in total. The summed E-state index contributed by atoms with van der Waals surface area (Å²) in [6.07, 6.45) is 0.180. The van der Waals surface area contributed by atoms with Crippen molar-refractivity contribution in [1.29, 1.82) is 0 Å². The standard InChI is InChI=1S/C13H23N3OS.ClH/c1-13(2,3)12-15-10(9-18-12)7-16-4-5-17-11(6-14)8-16;/h9,11H,4-8,14H2,1-3H3;1H. The molecule has 0 saturated carbocycles. The van der Waals surface area contributed by atoms with Crippen molar-refractivity contribution < 1.29 is 4.74 Å². The maximum atomic E-state index is 5.65. The Labute approximate surface area is 125 Å². The summed E-state index contributed by atoms with van der Waals surface area (Å²) in [5, 5.41) is 3.38. The van der Waals surface area contributed by atoms with Crippen LogP contribution in [0.25, 0.3) is 0 Å². The molecule has 1 aromatic rings. The number of thiazole rings is 1. The fourth-order valence-corrected chi connectivity index (χ4v) is 2.92. The molecule has 0 spiro atoms. The van der Waals surface area contributed by atoms with Gasteiger partial charge in [0.2, 0.25) is 0 Å². The number of aromatic nitrogens is 1. The lowest BCUT2D eigenvalue weighted by Gasteiger charge is -2.31. The van der Waals surface area contributed by atoms with Crippen molar-refractivity contribution in [2.75, 3.05) is 26.2 Å². The first kappa shape index (κ1) is 16.9. The van der Waals surface area contributed by atoms with Crippen LogP contribution in [0.5, 0.6) is 0 Å². The van der Waals surface area contributed by atoms with Crippen molar-refractivity contribution >= 4 is 23.7 Å². The van der Waals surface area contributed by atoms with Crippen LogP contribution in [0.2, 0.25) is 0 Å². The molecular weight excluding hydrogens is 282 g/mol. The van der Waals surface area contributed by atoms with E-state index in [2.05, 4.69) is 31.1 Å². The van der Waals surface area contributed by atoms with Crippen LogP contribution in [-0.2, 0) is 16.7 Å². The Morgan fingerprint density at radius 2 is 2.26 bits per heavy atom. The van der Waals surface area contributed by atoms with Gasteiger partial charge in [0.05, 0.1) is 23.4 Å². The highest BCUT2D eigenvalue weighted by atomic mass is 35.5. The highest BCUT2D eigenvalue weighted by Crippen LogP contribution is 2.26. The third-order valence-electron chi connectivity index (χ3n) is 3.06. The van der Waals surface area contributed by atoms with Gasteiger partial charge in [0.1, 0.15) is 0 Å². The van der Waals surface area contributed by atoms with Crippen LogP contribution in [0.1, 0.15) is 31.5 Å². The van der Waals surface area contributed by atoms with Gasteiger partial charge in [-0.25, -0.2) is 4.98 Å². The highest BCUT2D eigenvalue weighted by Gasteiger charge is 2.22. The van der Waals surface area contributed by atoms with E-state index in [9.17, 15) is 0 Å². The summed E-state index contributed by atoms with van der Waals surface area (Å²) in [4.78, 5) is 7.11. The Bertz CT molecular complexity index is 391. The monoisotopic (exact) mass is 305 g/mol. The van der Waals surface area contributed by atoms with E-state index >= 15 is 0 Å². The lowest BCUT2D eigenvalue weighted by molar-refractivity contribution is -0.0263. The molecule has 0 aromatic carbocycles. The Morgan fingerprint density at radius 3 is 2.84 bits per heavy atom. The summed E-state index contributed by atoms with van der Waals surface area (Å²) in [6.45, 7) is 10.8. The molecule has 1 atom stereocenters. The van der Waals surface area contributed by atoms with Gasteiger partial charge in [-0.1, -0.05) is 20.8 Å². The van der Waals surface area contributed by atoms with Crippen LogP contribution in [0.15, 0.2) is 5.38 Å². The summed E-state index contributed by atoms with van der Waals surface area (Å²) in [5.74, 6) is 0. The number of hydrogen-bond acceptors (Lipinski definition) is 5. The Hall–Kier alpha value is -0.200. The molecule has 1 unspecified atom stereocenters. The van der Waals surface area contributed by atoms with Crippen molar-refractivity contribution in [3.8, 4) is 0 Å². The van der Waals surface area contributed by atoms with E-state index in [-0.39, 0.29) is 23.9 Å². The largest absolute Gasteiger partial charge is 0.374 e. The summed E-state index contributed by atoms with van der Waals surface area (Å²) in [6, 6.07) is 0. The number of morpholine rings is 1. The highest BCUT2D eigenvalue weighted by molar-refractivity contribution is 7.09. The van der Waals surface area contributed by atoms with Gasteiger partial charge < -0.3 is 10.5 Å². The molecule has 1 aliphatic heterocycles. The van der Waals surface area contributed by atoms with E-state index in [1.165, 1.54) is 10.7 Å². The van der Waals surface area contributed by atoms with E-state index < -0.39 is 0 Å². The first-order valence-corrected chi connectivity index (χ1v) is 7.36. The van der Waals surface area contributed by atoms with Crippen molar-refractivity contribution in [1.82, 2.24) is 9.88 Å². The number of hydrogen-bond donors (Lipinski definition) is 1. The summed E-state index contributed by atoms with van der Waals surface area (Å²) in [5.41, 5.74) is 6.97. The molecule has 0 aliphatic carbocycles. The van der Waals surface area contributed by atoms with Gasteiger partial charge in [-0.05, 0) is 0 Å². The smallest absolute Gasteiger partial charge is 0.0982 e. The molecule has 0 radical (unpaired) electrons. The molecule has 1 fully saturated rings. The molecule has 2 heterocycles. The summed E-state index contributed by atoms with van der Waals surface area (Å²) >= 11 is 1.76. The molecule has 4 nitrogen and oxygen atoms in total. The minimum Gasteiger partial charge on any atom is -0.374 e. The molecule has 110 valence electrons. The number of rotatable bonds is 3.